The molecule has 2 aromatic carbocycles. The third kappa shape index (κ3) is 2.85. The van der Waals surface area contributed by atoms with Gasteiger partial charge in [-0.2, -0.15) is 0 Å². The van der Waals surface area contributed by atoms with Crippen molar-refractivity contribution in [1.29, 1.82) is 0 Å². The summed E-state index contributed by atoms with van der Waals surface area (Å²) in [5.41, 5.74) is 1.85. The molecule has 0 aliphatic rings. The van der Waals surface area contributed by atoms with Gasteiger partial charge in [0.05, 0.1) is 7.11 Å². The van der Waals surface area contributed by atoms with Gasteiger partial charge in [-0.15, -0.1) is 0 Å². The first-order valence-corrected chi connectivity index (χ1v) is 5.58. The van der Waals surface area contributed by atoms with Crippen molar-refractivity contribution in [2.45, 2.75) is 6.54 Å². The molecule has 94 valence electrons. The van der Waals surface area contributed by atoms with Crippen molar-refractivity contribution in [3.05, 3.63) is 48.0 Å². The number of rotatable bonds is 4. The number of phenols is 2. The van der Waals surface area contributed by atoms with Crippen LogP contribution in [0.25, 0.3) is 0 Å². The van der Waals surface area contributed by atoms with Crippen molar-refractivity contribution in [2.75, 3.05) is 12.4 Å². The van der Waals surface area contributed by atoms with Crippen LogP contribution < -0.4 is 10.1 Å². The largest absolute Gasteiger partial charge is 0.504 e. The van der Waals surface area contributed by atoms with Gasteiger partial charge >= 0.3 is 0 Å². The maximum atomic E-state index is 9.37. The van der Waals surface area contributed by atoms with E-state index in [1.54, 1.807) is 13.2 Å². The highest BCUT2D eigenvalue weighted by atomic mass is 16.5. The SMILES string of the molecule is COc1ccc(NCc2ccc(O)c(O)c2)cc1. The van der Waals surface area contributed by atoms with E-state index >= 15 is 0 Å². The predicted molar refractivity (Wildman–Crippen MR) is 70.1 cm³/mol. The van der Waals surface area contributed by atoms with Gasteiger partial charge in [-0.3, -0.25) is 0 Å². The molecule has 18 heavy (non-hydrogen) atoms. The van der Waals surface area contributed by atoms with Gasteiger partial charge in [0.25, 0.3) is 0 Å². The average Bonchev–Trinajstić information content (AvgIpc) is 2.41. The Labute approximate surface area is 105 Å². The molecule has 0 bridgehead atoms. The number of benzene rings is 2. The molecular weight excluding hydrogens is 230 g/mol. The summed E-state index contributed by atoms with van der Waals surface area (Å²) in [6.07, 6.45) is 0. The minimum absolute atomic E-state index is 0.107. The number of anilines is 1. The molecular formula is C14H15NO3. The number of hydrogen-bond acceptors (Lipinski definition) is 4. The van der Waals surface area contributed by atoms with Gasteiger partial charge in [0.15, 0.2) is 11.5 Å². The van der Waals surface area contributed by atoms with E-state index in [0.717, 1.165) is 17.0 Å². The number of ether oxygens (including phenoxy) is 1. The topological polar surface area (TPSA) is 61.7 Å². The molecule has 0 aliphatic carbocycles. The quantitative estimate of drug-likeness (QED) is 0.725. The van der Waals surface area contributed by atoms with E-state index in [-0.39, 0.29) is 11.5 Å². The smallest absolute Gasteiger partial charge is 0.157 e. The zero-order valence-electron chi connectivity index (χ0n) is 10.1. The molecule has 0 radical (unpaired) electrons. The Morgan fingerprint density at radius 2 is 1.72 bits per heavy atom. The Kier molecular flexibility index (Phi) is 3.57. The Morgan fingerprint density at radius 3 is 2.33 bits per heavy atom. The number of hydrogen-bond donors (Lipinski definition) is 3. The van der Waals surface area contributed by atoms with Crippen molar-refractivity contribution in [3.8, 4) is 17.2 Å². The first kappa shape index (κ1) is 12.1. The van der Waals surface area contributed by atoms with Crippen LogP contribution in [-0.4, -0.2) is 17.3 Å². The van der Waals surface area contributed by atoms with E-state index in [1.165, 1.54) is 12.1 Å². The molecule has 0 saturated carbocycles. The standard InChI is InChI=1S/C14H15NO3/c1-18-12-5-3-11(4-6-12)15-9-10-2-7-13(16)14(17)8-10/h2-8,15-17H,9H2,1H3. The zero-order valence-corrected chi connectivity index (χ0v) is 10.1. The molecule has 0 aliphatic heterocycles. The number of aromatic hydroxyl groups is 2. The van der Waals surface area contributed by atoms with Gasteiger partial charge in [0, 0.05) is 12.2 Å². The van der Waals surface area contributed by atoms with Gasteiger partial charge in [-0.1, -0.05) is 6.07 Å². The number of methoxy groups -OCH3 is 1. The molecule has 0 fully saturated rings. The van der Waals surface area contributed by atoms with E-state index < -0.39 is 0 Å². The summed E-state index contributed by atoms with van der Waals surface area (Å²) < 4.78 is 5.07. The lowest BCUT2D eigenvalue weighted by atomic mass is 10.2. The van der Waals surface area contributed by atoms with E-state index in [1.807, 2.05) is 24.3 Å². The summed E-state index contributed by atoms with van der Waals surface area (Å²) >= 11 is 0. The fourth-order valence-electron chi connectivity index (χ4n) is 1.59. The Morgan fingerprint density at radius 1 is 1.00 bits per heavy atom. The Bertz CT molecular complexity index is 523. The summed E-state index contributed by atoms with van der Waals surface area (Å²) in [6.45, 7) is 0.570. The first-order valence-electron chi connectivity index (χ1n) is 5.58. The van der Waals surface area contributed by atoms with Crippen LogP contribution in [0.2, 0.25) is 0 Å². The summed E-state index contributed by atoms with van der Waals surface area (Å²) in [4.78, 5) is 0. The minimum atomic E-state index is -0.108. The highest BCUT2D eigenvalue weighted by molar-refractivity contribution is 5.48. The maximum Gasteiger partial charge on any atom is 0.157 e. The van der Waals surface area contributed by atoms with Crippen molar-refractivity contribution in [1.82, 2.24) is 0 Å². The monoisotopic (exact) mass is 245 g/mol. The third-order valence-corrected chi connectivity index (χ3v) is 2.63. The molecule has 0 unspecified atom stereocenters. The molecule has 4 nitrogen and oxygen atoms in total. The van der Waals surface area contributed by atoms with Crippen molar-refractivity contribution >= 4 is 5.69 Å². The summed E-state index contributed by atoms with van der Waals surface area (Å²) in [5.74, 6) is 0.593. The zero-order chi connectivity index (χ0) is 13.0. The van der Waals surface area contributed by atoms with Crippen LogP contribution in [0.15, 0.2) is 42.5 Å². The average molecular weight is 245 g/mol. The van der Waals surface area contributed by atoms with Crippen LogP contribution in [0, 0.1) is 0 Å². The summed E-state index contributed by atoms with van der Waals surface area (Å²) in [5, 5.41) is 21.8. The second kappa shape index (κ2) is 5.31. The third-order valence-electron chi connectivity index (χ3n) is 2.63. The summed E-state index contributed by atoms with van der Waals surface area (Å²) in [7, 11) is 1.63. The predicted octanol–water partition coefficient (Wildman–Crippen LogP) is 2.72. The van der Waals surface area contributed by atoms with E-state index in [4.69, 9.17) is 4.74 Å². The molecule has 3 N–H and O–H groups in total. The lowest BCUT2D eigenvalue weighted by molar-refractivity contribution is 0.403. The highest BCUT2D eigenvalue weighted by Crippen LogP contribution is 2.25. The fraction of sp³-hybridized carbons (Fsp3) is 0.143. The van der Waals surface area contributed by atoms with Crippen LogP contribution in [0.1, 0.15) is 5.56 Å². The van der Waals surface area contributed by atoms with Gasteiger partial charge in [-0.25, -0.2) is 0 Å². The lowest BCUT2D eigenvalue weighted by Crippen LogP contribution is -1.99. The lowest BCUT2D eigenvalue weighted by Gasteiger charge is -2.08. The second-order valence-electron chi connectivity index (χ2n) is 3.91. The van der Waals surface area contributed by atoms with Gasteiger partial charge in [-0.05, 0) is 42.0 Å². The molecule has 0 aromatic heterocycles. The molecule has 4 heteroatoms. The van der Waals surface area contributed by atoms with Gasteiger partial charge < -0.3 is 20.3 Å². The maximum absolute atomic E-state index is 9.37. The van der Waals surface area contributed by atoms with Crippen LogP contribution in [0.3, 0.4) is 0 Å². The van der Waals surface area contributed by atoms with Crippen LogP contribution in [-0.2, 0) is 6.54 Å². The first-order chi connectivity index (χ1) is 8.69. The minimum Gasteiger partial charge on any atom is -0.504 e. The molecule has 0 atom stereocenters. The molecule has 2 aromatic rings. The Hall–Kier alpha value is -2.36. The molecule has 2 rings (SSSR count). The molecule has 0 amide bonds. The second-order valence-corrected chi connectivity index (χ2v) is 3.91. The van der Waals surface area contributed by atoms with E-state index in [2.05, 4.69) is 5.32 Å². The highest BCUT2D eigenvalue weighted by Gasteiger charge is 2.00. The van der Waals surface area contributed by atoms with Crippen molar-refractivity contribution in [3.63, 3.8) is 0 Å². The summed E-state index contributed by atoms with van der Waals surface area (Å²) in [6, 6.07) is 12.3. The van der Waals surface area contributed by atoms with Gasteiger partial charge in [0.2, 0.25) is 0 Å². The number of phenolic OH excluding ortho intramolecular Hbond substituents is 2. The number of nitrogens with one attached hydrogen (secondary N) is 1. The van der Waals surface area contributed by atoms with Gasteiger partial charge in [0.1, 0.15) is 5.75 Å². The normalized spacial score (nSPS) is 10.1. The van der Waals surface area contributed by atoms with Crippen molar-refractivity contribution < 1.29 is 14.9 Å². The molecule has 0 saturated heterocycles. The van der Waals surface area contributed by atoms with E-state index in [9.17, 15) is 10.2 Å². The van der Waals surface area contributed by atoms with Crippen molar-refractivity contribution in [2.24, 2.45) is 0 Å². The van der Waals surface area contributed by atoms with Crippen LogP contribution in [0.4, 0.5) is 5.69 Å². The fourth-order valence-corrected chi connectivity index (χ4v) is 1.59. The molecule has 0 heterocycles. The Balaban J connectivity index is 1.99. The van der Waals surface area contributed by atoms with Crippen LogP contribution >= 0.6 is 0 Å². The van der Waals surface area contributed by atoms with Crippen LogP contribution in [0.5, 0.6) is 17.2 Å². The van der Waals surface area contributed by atoms with E-state index in [0.29, 0.717) is 6.54 Å². The molecule has 0 spiro atoms.